The maximum Gasteiger partial charge on any atom is 0.379 e. The van der Waals surface area contributed by atoms with Crippen molar-refractivity contribution in [3.63, 3.8) is 0 Å². The molecule has 0 atom stereocenters. The lowest BCUT2D eigenvalue weighted by Gasteiger charge is -2.37. The van der Waals surface area contributed by atoms with Gasteiger partial charge in [-0.3, -0.25) is 0 Å². The largest absolute Gasteiger partial charge is 0.463 e. The Bertz CT molecular complexity index is 486. The summed E-state index contributed by atoms with van der Waals surface area (Å²) in [6, 6.07) is 8.06. The molecule has 2 aliphatic rings. The lowest BCUT2D eigenvalue weighted by atomic mass is 9.68. The van der Waals surface area contributed by atoms with Crippen LogP contribution in [0.25, 0.3) is 0 Å². The highest BCUT2D eigenvalue weighted by molar-refractivity contribution is 5.29. The minimum Gasteiger partial charge on any atom is -0.463 e. The van der Waals surface area contributed by atoms with Crippen LogP contribution in [0.1, 0.15) is 69.8 Å². The summed E-state index contributed by atoms with van der Waals surface area (Å²) in [5.74, 6) is 4.25. The van der Waals surface area contributed by atoms with Crippen molar-refractivity contribution in [2.75, 3.05) is 6.86 Å². The van der Waals surface area contributed by atoms with Gasteiger partial charge in [-0.05, 0) is 79.9 Å². The van der Waals surface area contributed by atoms with E-state index >= 15 is 0 Å². The summed E-state index contributed by atoms with van der Waals surface area (Å²) in [6.07, 6.45) is 11.2. The van der Waals surface area contributed by atoms with Crippen molar-refractivity contribution < 1.29 is 22.3 Å². The van der Waals surface area contributed by atoms with Crippen LogP contribution in [0.15, 0.2) is 24.3 Å². The van der Waals surface area contributed by atoms with Crippen molar-refractivity contribution in [1.29, 1.82) is 0 Å². The van der Waals surface area contributed by atoms with Gasteiger partial charge < -0.3 is 4.74 Å². The smallest absolute Gasteiger partial charge is 0.379 e. The molecule has 2 saturated carbocycles. The first-order valence-electron chi connectivity index (χ1n) is 9.70. The molecule has 0 bridgehead atoms. The Balaban J connectivity index is 0.000000552. The van der Waals surface area contributed by atoms with E-state index in [4.69, 9.17) is 4.74 Å². The molecule has 148 valence electrons. The third kappa shape index (κ3) is 6.81. The molecule has 0 saturated heterocycles. The zero-order valence-electron chi connectivity index (χ0n) is 15.5. The number of halogens is 4. The van der Waals surface area contributed by atoms with Crippen LogP contribution in [-0.2, 0) is 0 Å². The molecule has 3 rings (SSSR count). The summed E-state index contributed by atoms with van der Waals surface area (Å²) >= 11 is 0. The standard InChI is InChI=1S/C20H29FO.CHF3/c1-15-2-4-16(5-3-15)17-6-8-18(9-7-17)19-10-12-20(13-11-19)22-14-21;2-1(3)4/h10-13,15-18H,2-9,14H2,1H3;1H. The average Bonchev–Trinajstić information content (AvgIpc) is 2.63. The van der Waals surface area contributed by atoms with Gasteiger partial charge in [-0.25, -0.2) is 4.39 Å². The topological polar surface area (TPSA) is 9.23 Å². The van der Waals surface area contributed by atoms with Crippen LogP contribution in [0.4, 0.5) is 17.6 Å². The zero-order valence-corrected chi connectivity index (χ0v) is 15.5. The first-order chi connectivity index (χ1) is 12.5. The summed E-state index contributed by atoms with van der Waals surface area (Å²) in [5.41, 5.74) is 1.40. The second kappa shape index (κ2) is 10.8. The van der Waals surface area contributed by atoms with Crippen molar-refractivity contribution in [2.45, 2.75) is 70.9 Å². The highest BCUT2D eigenvalue weighted by Crippen LogP contribution is 2.43. The molecule has 0 heterocycles. The SMILES string of the molecule is CC1CCC(C2CCC(c3ccc(OCF)cc3)CC2)CC1.FC(F)F. The van der Waals surface area contributed by atoms with Crippen molar-refractivity contribution in [2.24, 2.45) is 17.8 Å². The van der Waals surface area contributed by atoms with E-state index in [1.165, 1.54) is 56.9 Å². The number of hydrogen-bond acceptors (Lipinski definition) is 1. The Morgan fingerprint density at radius 2 is 1.31 bits per heavy atom. The Hall–Kier alpha value is -1.26. The Morgan fingerprint density at radius 1 is 0.846 bits per heavy atom. The third-order valence-corrected chi connectivity index (χ3v) is 6.07. The fourth-order valence-electron chi connectivity index (χ4n) is 4.58. The maximum atomic E-state index is 12.2. The lowest BCUT2D eigenvalue weighted by molar-refractivity contribution is 0.00819. The van der Waals surface area contributed by atoms with Gasteiger partial charge in [0.15, 0.2) is 0 Å². The second-order valence-electron chi connectivity index (χ2n) is 7.70. The predicted molar refractivity (Wildman–Crippen MR) is 96.0 cm³/mol. The number of alkyl halides is 4. The first kappa shape index (κ1) is 21.0. The summed E-state index contributed by atoms with van der Waals surface area (Å²) in [5, 5.41) is 0. The van der Waals surface area contributed by atoms with Crippen molar-refractivity contribution in [1.82, 2.24) is 0 Å². The monoisotopic (exact) mass is 374 g/mol. The van der Waals surface area contributed by atoms with Gasteiger partial charge in [-0.2, -0.15) is 13.2 Å². The van der Waals surface area contributed by atoms with Gasteiger partial charge in [0.25, 0.3) is 0 Å². The molecule has 0 radical (unpaired) electrons. The van der Waals surface area contributed by atoms with Crippen molar-refractivity contribution in [3.05, 3.63) is 29.8 Å². The highest BCUT2D eigenvalue weighted by atomic mass is 19.4. The van der Waals surface area contributed by atoms with Gasteiger partial charge in [-0.1, -0.05) is 31.9 Å². The molecule has 1 aromatic carbocycles. The van der Waals surface area contributed by atoms with Gasteiger partial charge in [0.1, 0.15) is 5.75 Å². The molecule has 2 fully saturated rings. The van der Waals surface area contributed by atoms with Gasteiger partial charge in [0.05, 0.1) is 0 Å². The number of ether oxygens (including phenoxy) is 1. The minimum absolute atomic E-state index is 0.635. The van der Waals surface area contributed by atoms with Crippen LogP contribution < -0.4 is 4.74 Å². The van der Waals surface area contributed by atoms with E-state index in [1.54, 1.807) is 0 Å². The lowest BCUT2D eigenvalue weighted by Crippen LogP contribution is -2.24. The number of rotatable bonds is 4. The van der Waals surface area contributed by atoms with Gasteiger partial charge in [0.2, 0.25) is 6.86 Å². The minimum atomic E-state index is -3.67. The van der Waals surface area contributed by atoms with E-state index in [-0.39, 0.29) is 0 Å². The summed E-state index contributed by atoms with van der Waals surface area (Å²) < 4.78 is 46.0. The molecule has 26 heavy (non-hydrogen) atoms. The first-order valence-corrected chi connectivity index (χ1v) is 9.70. The Morgan fingerprint density at radius 3 is 1.77 bits per heavy atom. The third-order valence-electron chi connectivity index (χ3n) is 6.07. The van der Waals surface area contributed by atoms with Crippen LogP contribution in [0.5, 0.6) is 5.75 Å². The van der Waals surface area contributed by atoms with Crippen LogP contribution >= 0.6 is 0 Å². The maximum absolute atomic E-state index is 12.2. The molecule has 5 heteroatoms. The molecule has 1 aromatic rings. The van der Waals surface area contributed by atoms with Crippen LogP contribution in [0.2, 0.25) is 0 Å². The molecule has 2 aliphatic carbocycles. The Kier molecular flexibility index (Phi) is 8.73. The average molecular weight is 374 g/mol. The molecule has 0 aliphatic heterocycles. The summed E-state index contributed by atoms with van der Waals surface area (Å²) in [6.45, 7) is -2.01. The molecule has 0 spiro atoms. The quantitative estimate of drug-likeness (QED) is 0.504. The van der Waals surface area contributed by atoms with Gasteiger partial charge in [-0.15, -0.1) is 0 Å². The van der Waals surface area contributed by atoms with E-state index in [1.807, 2.05) is 12.1 Å². The van der Waals surface area contributed by atoms with E-state index < -0.39 is 13.5 Å². The predicted octanol–water partition coefficient (Wildman–Crippen LogP) is 7.27. The van der Waals surface area contributed by atoms with E-state index in [0.717, 1.165) is 17.8 Å². The zero-order chi connectivity index (χ0) is 18.9. The Labute approximate surface area is 154 Å². The van der Waals surface area contributed by atoms with Crippen LogP contribution in [0.3, 0.4) is 0 Å². The normalized spacial score (nSPS) is 29.0. The fourth-order valence-corrected chi connectivity index (χ4v) is 4.58. The summed E-state index contributed by atoms with van der Waals surface area (Å²) in [4.78, 5) is 0. The second-order valence-corrected chi connectivity index (χ2v) is 7.70. The number of benzene rings is 1. The molecular formula is C21H30F4O. The van der Waals surface area contributed by atoms with E-state index in [2.05, 4.69) is 19.1 Å². The molecule has 0 amide bonds. The molecule has 0 N–H and O–H groups in total. The van der Waals surface area contributed by atoms with Crippen molar-refractivity contribution >= 4 is 0 Å². The highest BCUT2D eigenvalue weighted by Gasteiger charge is 2.30. The molecule has 0 unspecified atom stereocenters. The van der Waals surface area contributed by atoms with Crippen molar-refractivity contribution in [3.8, 4) is 5.75 Å². The van der Waals surface area contributed by atoms with Gasteiger partial charge in [0, 0.05) is 0 Å². The number of hydrogen-bond donors (Lipinski definition) is 0. The fraction of sp³-hybridized carbons (Fsp3) is 0.714. The van der Waals surface area contributed by atoms with E-state index in [0.29, 0.717) is 11.7 Å². The van der Waals surface area contributed by atoms with E-state index in [9.17, 15) is 17.6 Å². The van der Waals surface area contributed by atoms with Gasteiger partial charge >= 0.3 is 6.68 Å². The van der Waals surface area contributed by atoms with Crippen LogP contribution in [0, 0.1) is 17.8 Å². The molecule has 0 aromatic heterocycles. The molecule has 1 nitrogen and oxygen atoms in total. The van der Waals surface area contributed by atoms with Crippen LogP contribution in [-0.4, -0.2) is 13.5 Å². The molecular weight excluding hydrogens is 344 g/mol. The summed E-state index contributed by atoms with van der Waals surface area (Å²) in [7, 11) is 0.